The van der Waals surface area contributed by atoms with Crippen LogP contribution in [0.15, 0.2) is 48.5 Å². The summed E-state index contributed by atoms with van der Waals surface area (Å²) in [6.07, 6.45) is 1.27. The van der Waals surface area contributed by atoms with Gasteiger partial charge < -0.3 is 14.8 Å². The fraction of sp³-hybridized carbons (Fsp3) is 0.400. The van der Waals surface area contributed by atoms with Gasteiger partial charge in [-0.05, 0) is 50.6 Å². The molecule has 0 spiro atoms. The molecule has 2 aromatic carbocycles. The Balaban J connectivity index is 1.74. The Labute approximate surface area is 143 Å². The van der Waals surface area contributed by atoms with E-state index in [1.165, 1.54) is 6.07 Å². The second-order valence-corrected chi connectivity index (χ2v) is 5.98. The number of hydrogen-bond acceptors (Lipinski definition) is 3. The van der Waals surface area contributed by atoms with Crippen molar-refractivity contribution in [1.29, 1.82) is 0 Å². The molecular formula is C20H26FNO2. The average Bonchev–Trinajstić information content (AvgIpc) is 2.57. The molecule has 0 amide bonds. The van der Waals surface area contributed by atoms with E-state index in [-0.39, 0.29) is 18.5 Å². The van der Waals surface area contributed by atoms with E-state index in [1.54, 1.807) is 12.1 Å². The molecule has 2 aromatic rings. The molecule has 0 aliphatic rings. The van der Waals surface area contributed by atoms with E-state index in [0.29, 0.717) is 5.56 Å². The van der Waals surface area contributed by atoms with Gasteiger partial charge in [0.25, 0.3) is 0 Å². The van der Waals surface area contributed by atoms with E-state index < -0.39 is 0 Å². The largest absolute Gasteiger partial charge is 0.489 e. The Kier molecular flexibility index (Phi) is 7.72. The van der Waals surface area contributed by atoms with Crippen LogP contribution in [-0.4, -0.2) is 19.3 Å². The molecule has 4 heteroatoms. The molecule has 130 valence electrons. The lowest BCUT2D eigenvalue weighted by atomic mass is 10.2. The summed E-state index contributed by atoms with van der Waals surface area (Å²) in [4.78, 5) is 0. The first-order valence-corrected chi connectivity index (χ1v) is 8.42. The van der Waals surface area contributed by atoms with Crippen molar-refractivity contribution in [3.05, 3.63) is 65.5 Å². The Bertz CT molecular complexity index is 616. The summed E-state index contributed by atoms with van der Waals surface area (Å²) < 4.78 is 24.8. The monoisotopic (exact) mass is 331 g/mol. The molecule has 0 bridgehead atoms. The standard InChI is InChI=1S/C20H26FNO2/c1-16(2)23-12-6-11-22-14-17-7-5-9-19(13-17)24-15-18-8-3-4-10-20(18)21/h3-5,7-10,13,16,22H,6,11-12,14-15H2,1-2H3. The van der Waals surface area contributed by atoms with Gasteiger partial charge in [-0.25, -0.2) is 4.39 Å². The second kappa shape index (κ2) is 10.1. The zero-order chi connectivity index (χ0) is 17.2. The van der Waals surface area contributed by atoms with Crippen molar-refractivity contribution in [3.63, 3.8) is 0 Å². The van der Waals surface area contributed by atoms with Crippen molar-refractivity contribution < 1.29 is 13.9 Å². The van der Waals surface area contributed by atoms with Crippen LogP contribution in [0.4, 0.5) is 4.39 Å². The highest BCUT2D eigenvalue weighted by Gasteiger charge is 2.02. The lowest BCUT2D eigenvalue weighted by molar-refractivity contribution is 0.0770. The maximum absolute atomic E-state index is 13.6. The minimum absolute atomic E-state index is 0.232. The fourth-order valence-electron chi connectivity index (χ4n) is 2.27. The second-order valence-electron chi connectivity index (χ2n) is 5.98. The zero-order valence-electron chi connectivity index (χ0n) is 14.4. The average molecular weight is 331 g/mol. The van der Waals surface area contributed by atoms with Crippen LogP contribution < -0.4 is 10.1 Å². The van der Waals surface area contributed by atoms with Gasteiger partial charge in [0.2, 0.25) is 0 Å². The summed E-state index contributed by atoms with van der Waals surface area (Å²) in [5, 5.41) is 3.39. The van der Waals surface area contributed by atoms with Crippen molar-refractivity contribution in [2.45, 2.75) is 39.5 Å². The van der Waals surface area contributed by atoms with Gasteiger partial charge >= 0.3 is 0 Å². The third-order valence-corrected chi connectivity index (χ3v) is 3.53. The Morgan fingerprint density at radius 1 is 1.08 bits per heavy atom. The van der Waals surface area contributed by atoms with Crippen molar-refractivity contribution in [2.24, 2.45) is 0 Å². The predicted octanol–water partition coefficient (Wildman–Crippen LogP) is 4.31. The smallest absolute Gasteiger partial charge is 0.129 e. The van der Waals surface area contributed by atoms with Gasteiger partial charge in [-0.2, -0.15) is 0 Å². The maximum Gasteiger partial charge on any atom is 0.129 e. The van der Waals surface area contributed by atoms with Gasteiger partial charge in [-0.1, -0.05) is 30.3 Å². The lowest BCUT2D eigenvalue weighted by Crippen LogP contribution is -2.17. The molecule has 24 heavy (non-hydrogen) atoms. The van der Waals surface area contributed by atoms with Crippen LogP contribution in [0.2, 0.25) is 0 Å². The van der Waals surface area contributed by atoms with Crippen LogP contribution in [0.1, 0.15) is 31.4 Å². The van der Waals surface area contributed by atoms with E-state index in [0.717, 1.165) is 37.4 Å². The molecule has 0 saturated carbocycles. The predicted molar refractivity (Wildman–Crippen MR) is 94.6 cm³/mol. The van der Waals surface area contributed by atoms with E-state index >= 15 is 0 Å². The molecule has 0 heterocycles. The van der Waals surface area contributed by atoms with Crippen LogP contribution in [-0.2, 0) is 17.9 Å². The van der Waals surface area contributed by atoms with Crippen LogP contribution in [0.25, 0.3) is 0 Å². The van der Waals surface area contributed by atoms with Gasteiger partial charge in [-0.15, -0.1) is 0 Å². The molecule has 0 aromatic heterocycles. The molecular weight excluding hydrogens is 305 g/mol. The van der Waals surface area contributed by atoms with Gasteiger partial charge in [0.1, 0.15) is 18.2 Å². The number of nitrogens with one attached hydrogen (secondary N) is 1. The zero-order valence-corrected chi connectivity index (χ0v) is 14.4. The van der Waals surface area contributed by atoms with E-state index in [9.17, 15) is 4.39 Å². The van der Waals surface area contributed by atoms with Crippen molar-refractivity contribution in [1.82, 2.24) is 5.32 Å². The van der Waals surface area contributed by atoms with Crippen molar-refractivity contribution in [3.8, 4) is 5.75 Å². The van der Waals surface area contributed by atoms with Crippen LogP contribution >= 0.6 is 0 Å². The molecule has 0 aliphatic carbocycles. The molecule has 0 saturated heterocycles. The number of rotatable bonds is 10. The van der Waals surface area contributed by atoms with Gasteiger partial charge in [0, 0.05) is 18.7 Å². The molecule has 0 unspecified atom stereocenters. The molecule has 0 radical (unpaired) electrons. The highest BCUT2D eigenvalue weighted by molar-refractivity contribution is 5.29. The van der Waals surface area contributed by atoms with Gasteiger partial charge in [-0.3, -0.25) is 0 Å². The van der Waals surface area contributed by atoms with E-state index in [2.05, 4.69) is 5.32 Å². The summed E-state index contributed by atoms with van der Waals surface area (Å²) in [5.41, 5.74) is 1.71. The fourth-order valence-corrected chi connectivity index (χ4v) is 2.27. The normalized spacial score (nSPS) is 11.0. The first kappa shape index (κ1) is 18.4. The van der Waals surface area contributed by atoms with Crippen LogP contribution in [0.3, 0.4) is 0 Å². The van der Waals surface area contributed by atoms with Crippen molar-refractivity contribution >= 4 is 0 Å². The molecule has 2 rings (SSSR count). The van der Waals surface area contributed by atoms with Gasteiger partial charge in [0.05, 0.1) is 6.10 Å². The first-order valence-electron chi connectivity index (χ1n) is 8.42. The Hall–Kier alpha value is -1.91. The highest BCUT2D eigenvalue weighted by atomic mass is 19.1. The number of hydrogen-bond donors (Lipinski definition) is 1. The number of halogens is 1. The van der Waals surface area contributed by atoms with E-state index in [1.807, 2.05) is 44.2 Å². The van der Waals surface area contributed by atoms with Gasteiger partial charge in [0.15, 0.2) is 0 Å². The summed E-state index contributed by atoms with van der Waals surface area (Å²) in [6, 6.07) is 14.5. The summed E-state index contributed by atoms with van der Waals surface area (Å²) in [6.45, 7) is 6.78. The Morgan fingerprint density at radius 2 is 1.92 bits per heavy atom. The third-order valence-electron chi connectivity index (χ3n) is 3.53. The molecule has 3 nitrogen and oxygen atoms in total. The van der Waals surface area contributed by atoms with E-state index in [4.69, 9.17) is 9.47 Å². The topological polar surface area (TPSA) is 30.5 Å². The quantitative estimate of drug-likeness (QED) is 0.658. The highest BCUT2D eigenvalue weighted by Crippen LogP contribution is 2.16. The minimum Gasteiger partial charge on any atom is -0.489 e. The van der Waals surface area contributed by atoms with Crippen LogP contribution in [0, 0.1) is 5.82 Å². The summed E-state index contributed by atoms with van der Waals surface area (Å²) in [7, 11) is 0. The minimum atomic E-state index is -0.237. The molecule has 0 fully saturated rings. The maximum atomic E-state index is 13.6. The summed E-state index contributed by atoms with van der Waals surface area (Å²) in [5.74, 6) is 0.514. The first-order chi connectivity index (χ1) is 11.6. The third kappa shape index (κ3) is 6.69. The number of ether oxygens (including phenoxy) is 2. The number of benzene rings is 2. The Morgan fingerprint density at radius 3 is 2.71 bits per heavy atom. The molecule has 0 atom stereocenters. The molecule has 0 aliphatic heterocycles. The SMILES string of the molecule is CC(C)OCCCNCc1cccc(OCc2ccccc2F)c1. The summed E-state index contributed by atoms with van der Waals surface area (Å²) >= 11 is 0. The van der Waals surface area contributed by atoms with Crippen molar-refractivity contribution in [2.75, 3.05) is 13.2 Å². The molecule has 1 N–H and O–H groups in total. The van der Waals surface area contributed by atoms with Crippen LogP contribution in [0.5, 0.6) is 5.75 Å². The lowest BCUT2D eigenvalue weighted by Gasteiger charge is -2.10.